The third-order valence-corrected chi connectivity index (χ3v) is 14.4. The molecule has 0 radical (unpaired) electrons. The van der Waals surface area contributed by atoms with Crippen LogP contribution in [0.5, 0.6) is 0 Å². The molecule has 0 aromatic heterocycles. The maximum atomic E-state index is 2.64. The zero-order valence-electron chi connectivity index (χ0n) is 35.2. The molecule has 0 nitrogen and oxygen atoms in total. The average molecular weight is 765 g/mol. The second kappa shape index (κ2) is 15.5. The molecule has 292 valence electrons. The van der Waals surface area contributed by atoms with Gasteiger partial charge in [-0.05, 0) is 126 Å². The van der Waals surface area contributed by atoms with Gasteiger partial charge in [0, 0.05) is 10.8 Å². The Balaban J connectivity index is 1.17. The molecule has 8 aromatic carbocycles. The number of benzene rings is 8. The van der Waals surface area contributed by atoms with Gasteiger partial charge in [-0.3, -0.25) is 0 Å². The second-order valence-electron chi connectivity index (χ2n) is 17.6. The standard InChI is InChI=1S/C59H56/c1-4-6-8-21-37-59(38-22-9-7-5-2)53-32-20-18-26-45(53)47-36-34-42(40-55(47)59)57-50-29-15-13-27-48(50)56(49-28-14-16-30-51(49)57)41-33-35-46-44-25-17-19-31-52(44)58(3,54(46)39-41)43-23-11-10-12-24-43/h10-20,23-36,39-40H,4-9,21-22,37-38H2,1-3H3. The van der Waals surface area contributed by atoms with Crippen molar-refractivity contribution in [2.45, 2.75) is 95.8 Å². The number of fused-ring (bicyclic) bond motifs is 8. The quantitative estimate of drug-likeness (QED) is 0.0810. The van der Waals surface area contributed by atoms with Gasteiger partial charge in [0.25, 0.3) is 0 Å². The van der Waals surface area contributed by atoms with Crippen LogP contribution in [0, 0.1) is 0 Å². The predicted octanol–water partition coefficient (Wildman–Crippen LogP) is 16.9. The normalized spacial score (nSPS) is 15.9. The smallest absolute Gasteiger partial charge is 0.0435 e. The Morgan fingerprint density at radius 2 is 0.780 bits per heavy atom. The first kappa shape index (κ1) is 37.5. The Kier molecular flexibility index (Phi) is 9.84. The van der Waals surface area contributed by atoms with Gasteiger partial charge < -0.3 is 0 Å². The van der Waals surface area contributed by atoms with Crippen LogP contribution in [-0.4, -0.2) is 0 Å². The van der Waals surface area contributed by atoms with E-state index in [0.29, 0.717) is 0 Å². The van der Waals surface area contributed by atoms with Gasteiger partial charge in [-0.15, -0.1) is 0 Å². The summed E-state index contributed by atoms with van der Waals surface area (Å²) in [7, 11) is 0. The highest BCUT2D eigenvalue weighted by molar-refractivity contribution is 6.21. The van der Waals surface area contributed by atoms with Crippen LogP contribution in [0.3, 0.4) is 0 Å². The van der Waals surface area contributed by atoms with Crippen LogP contribution in [0.4, 0.5) is 0 Å². The molecule has 59 heavy (non-hydrogen) atoms. The Hall–Kier alpha value is -5.72. The molecule has 10 rings (SSSR count). The molecule has 1 atom stereocenters. The lowest BCUT2D eigenvalue weighted by Gasteiger charge is -2.33. The second-order valence-corrected chi connectivity index (χ2v) is 17.6. The van der Waals surface area contributed by atoms with E-state index in [-0.39, 0.29) is 10.8 Å². The molecule has 0 N–H and O–H groups in total. The lowest BCUT2D eigenvalue weighted by Crippen LogP contribution is -2.25. The van der Waals surface area contributed by atoms with Crippen molar-refractivity contribution in [2.75, 3.05) is 0 Å². The fraction of sp³-hybridized carbons (Fsp3) is 0.254. The monoisotopic (exact) mass is 764 g/mol. The van der Waals surface area contributed by atoms with Crippen molar-refractivity contribution in [1.82, 2.24) is 0 Å². The fourth-order valence-corrected chi connectivity index (χ4v) is 11.5. The number of hydrogen-bond acceptors (Lipinski definition) is 0. The maximum absolute atomic E-state index is 2.64. The van der Waals surface area contributed by atoms with Crippen LogP contribution < -0.4 is 0 Å². The summed E-state index contributed by atoms with van der Waals surface area (Å²) in [6, 6.07) is 62.8. The molecule has 0 heterocycles. The molecule has 2 aliphatic rings. The van der Waals surface area contributed by atoms with E-state index in [1.807, 2.05) is 0 Å². The van der Waals surface area contributed by atoms with Crippen molar-refractivity contribution in [2.24, 2.45) is 0 Å². The van der Waals surface area contributed by atoms with Gasteiger partial charge in [0.1, 0.15) is 0 Å². The zero-order valence-corrected chi connectivity index (χ0v) is 35.2. The molecule has 0 aliphatic heterocycles. The molecule has 0 spiro atoms. The van der Waals surface area contributed by atoms with Gasteiger partial charge in [-0.1, -0.05) is 217 Å². The predicted molar refractivity (Wildman–Crippen MR) is 253 cm³/mol. The third-order valence-electron chi connectivity index (χ3n) is 14.4. The molecule has 0 heteroatoms. The summed E-state index contributed by atoms with van der Waals surface area (Å²) in [5.74, 6) is 0. The first-order valence-corrected chi connectivity index (χ1v) is 22.6. The van der Waals surface area contributed by atoms with Crippen molar-refractivity contribution in [1.29, 1.82) is 0 Å². The zero-order chi connectivity index (χ0) is 40.0. The molecular weight excluding hydrogens is 709 g/mol. The summed E-state index contributed by atoms with van der Waals surface area (Å²) in [5, 5.41) is 5.27. The summed E-state index contributed by atoms with van der Waals surface area (Å²) < 4.78 is 0. The van der Waals surface area contributed by atoms with Crippen LogP contribution in [0.15, 0.2) is 164 Å². The van der Waals surface area contributed by atoms with Crippen LogP contribution in [0.25, 0.3) is 66.1 Å². The maximum Gasteiger partial charge on any atom is 0.0435 e. The molecule has 2 aliphatic carbocycles. The summed E-state index contributed by atoms with van der Waals surface area (Å²) in [4.78, 5) is 0. The van der Waals surface area contributed by atoms with Gasteiger partial charge in [-0.2, -0.15) is 0 Å². The van der Waals surface area contributed by atoms with Gasteiger partial charge in [0.15, 0.2) is 0 Å². The summed E-state index contributed by atoms with van der Waals surface area (Å²) in [5.41, 5.74) is 17.9. The lowest BCUT2D eigenvalue weighted by atomic mass is 9.70. The fourth-order valence-electron chi connectivity index (χ4n) is 11.5. The van der Waals surface area contributed by atoms with Gasteiger partial charge in [-0.25, -0.2) is 0 Å². The molecule has 0 amide bonds. The van der Waals surface area contributed by atoms with Crippen molar-refractivity contribution in [3.8, 4) is 44.5 Å². The minimum absolute atomic E-state index is 0.0440. The molecule has 0 bridgehead atoms. The van der Waals surface area contributed by atoms with Gasteiger partial charge in [0.05, 0.1) is 0 Å². The van der Waals surface area contributed by atoms with E-state index >= 15 is 0 Å². The Labute approximate surface area is 352 Å². The van der Waals surface area contributed by atoms with E-state index in [9.17, 15) is 0 Å². The topological polar surface area (TPSA) is 0 Å². The van der Waals surface area contributed by atoms with Gasteiger partial charge >= 0.3 is 0 Å². The molecule has 0 fully saturated rings. The largest absolute Gasteiger partial charge is 0.0654 e. The number of unbranched alkanes of at least 4 members (excludes halogenated alkanes) is 6. The third kappa shape index (κ3) is 6.01. The first-order valence-electron chi connectivity index (χ1n) is 22.6. The Morgan fingerprint density at radius 1 is 0.356 bits per heavy atom. The highest BCUT2D eigenvalue weighted by Gasteiger charge is 2.43. The molecule has 1 unspecified atom stereocenters. The molecule has 0 saturated heterocycles. The molecule has 8 aromatic rings. The summed E-state index contributed by atoms with van der Waals surface area (Å²) >= 11 is 0. The minimum Gasteiger partial charge on any atom is -0.0654 e. The highest BCUT2D eigenvalue weighted by Crippen LogP contribution is 2.57. The van der Waals surface area contributed by atoms with E-state index in [1.165, 1.54) is 147 Å². The first-order chi connectivity index (χ1) is 29.1. The summed E-state index contributed by atoms with van der Waals surface area (Å²) in [6.07, 6.45) is 12.8. The van der Waals surface area contributed by atoms with Crippen molar-refractivity contribution < 1.29 is 0 Å². The number of hydrogen-bond donors (Lipinski definition) is 0. The van der Waals surface area contributed by atoms with E-state index < -0.39 is 0 Å². The number of rotatable bonds is 13. The molecular formula is C59H56. The van der Waals surface area contributed by atoms with Crippen LogP contribution in [0.2, 0.25) is 0 Å². The molecule has 0 saturated carbocycles. The Morgan fingerprint density at radius 3 is 1.32 bits per heavy atom. The van der Waals surface area contributed by atoms with E-state index in [4.69, 9.17) is 0 Å². The van der Waals surface area contributed by atoms with Crippen LogP contribution >= 0.6 is 0 Å². The summed E-state index contributed by atoms with van der Waals surface area (Å²) in [6.45, 7) is 7.09. The van der Waals surface area contributed by atoms with Crippen LogP contribution in [0.1, 0.15) is 113 Å². The van der Waals surface area contributed by atoms with E-state index in [0.717, 1.165) is 0 Å². The Bertz CT molecular complexity index is 2750. The van der Waals surface area contributed by atoms with Crippen molar-refractivity contribution in [3.63, 3.8) is 0 Å². The SMILES string of the molecule is CCCCCCC1(CCCCCC)c2ccccc2-c2ccc(-c3c4ccccc4c(-c4ccc5c(c4)C(C)(c4ccccc4)c4ccccc4-5)c4ccccc34)cc21. The highest BCUT2D eigenvalue weighted by atomic mass is 14.5. The van der Waals surface area contributed by atoms with Gasteiger partial charge in [0.2, 0.25) is 0 Å². The minimum atomic E-state index is -0.254. The van der Waals surface area contributed by atoms with Crippen LogP contribution in [-0.2, 0) is 10.8 Å². The van der Waals surface area contributed by atoms with Crippen molar-refractivity contribution in [3.05, 3.63) is 192 Å². The lowest BCUT2D eigenvalue weighted by molar-refractivity contribution is 0.401. The average Bonchev–Trinajstić information content (AvgIpc) is 3.71. The van der Waals surface area contributed by atoms with E-state index in [1.54, 1.807) is 11.1 Å². The van der Waals surface area contributed by atoms with E-state index in [2.05, 4.69) is 185 Å². The van der Waals surface area contributed by atoms with Crippen molar-refractivity contribution >= 4 is 21.5 Å².